The third kappa shape index (κ3) is 6.47. The monoisotopic (exact) mass is 525 g/mol. The molecule has 0 spiro atoms. The molecule has 1 N–H and O–H groups in total. The largest absolute Gasteiger partial charge is 0.416 e. The average Bonchev–Trinajstić information content (AvgIpc) is 3.32. The molecule has 0 radical (unpaired) electrons. The zero-order chi connectivity index (χ0) is 25.0. The molecule has 7 nitrogen and oxygen atoms in total. The number of likely N-dealkylation sites (N-methyl/N-ethyl adjacent to an activating group) is 1. The predicted octanol–water partition coefficient (Wildman–Crippen LogP) is 5.28. The van der Waals surface area contributed by atoms with Crippen molar-refractivity contribution in [1.82, 2.24) is 15.1 Å². The number of aromatic nitrogens is 2. The molecule has 3 aromatic rings. The van der Waals surface area contributed by atoms with Gasteiger partial charge in [-0.3, -0.25) is 4.79 Å². The first-order valence-corrected chi connectivity index (χ1v) is 12.3. The van der Waals surface area contributed by atoms with Crippen LogP contribution in [0.25, 0.3) is 11.5 Å². The molecular formula is C23H23ClF3N5O2S. The Morgan fingerprint density at radius 3 is 2.49 bits per heavy atom. The number of hydrogen-bond donors (Lipinski definition) is 1. The molecule has 1 saturated heterocycles. The van der Waals surface area contributed by atoms with Gasteiger partial charge in [0.05, 0.1) is 22.7 Å². The van der Waals surface area contributed by atoms with Gasteiger partial charge in [0.2, 0.25) is 11.8 Å². The normalized spacial score (nSPS) is 14.8. The maximum absolute atomic E-state index is 13.3. The third-order valence-electron chi connectivity index (χ3n) is 5.58. The average molecular weight is 526 g/mol. The SMILES string of the molecule is CCN1CCN(c2ccc(C(F)(F)F)cc2NC(=O)CSc2nnc(-c3ccc(Cl)cc3)o2)CC1. The predicted molar refractivity (Wildman–Crippen MR) is 130 cm³/mol. The van der Waals surface area contributed by atoms with E-state index in [1.54, 1.807) is 24.3 Å². The summed E-state index contributed by atoms with van der Waals surface area (Å²) in [6.45, 7) is 5.90. The van der Waals surface area contributed by atoms with Crippen molar-refractivity contribution in [2.75, 3.05) is 48.7 Å². The molecule has 186 valence electrons. The lowest BCUT2D eigenvalue weighted by molar-refractivity contribution is -0.137. The Balaban J connectivity index is 1.44. The van der Waals surface area contributed by atoms with Crippen molar-refractivity contribution < 1.29 is 22.4 Å². The molecule has 12 heteroatoms. The van der Waals surface area contributed by atoms with E-state index in [-0.39, 0.29) is 22.6 Å². The van der Waals surface area contributed by atoms with Crippen LogP contribution in [-0.2, 0) is 11.0 Å². The van der Waals surface area contributed by atoms with Crippen molar-refractivity contribution in [3.8, 4) is 11.5 Å². The van der Waals surface area contributed by atoms with Crippen molar-refractivity contribution in [2.45, 2.75) is 18.3 Å². The van der Waals surface area contributed by atoms with E-state index in [9.17, 15) is 18.0 Å². The van der Waals surface area contributed by atoms with Crippen LogP contribution in [0.1, 0.15) is 12.5 Å². The fourth-order valence-electron chi connectivity index (χ4n) is 3.68. The minimum absolute atomic E-state index is 0.110. The number of rotatable bonds is 7. The maximum atomic E-state index is 13.3. The minimum Gasteiger partial charge on any atom is -0.411 e. The van der Waals surface area contributed by atoms with Gasteiger partial charge in [-0.1, -0.05) is 30.3 Å². The number of carbonyl (C=O) groups excluding carboxylic acids is 1. The van der Waals surface area contributed by atoms with E-state index in [2.05, 4.69) is 27.3 Å². The molecule has 1 aliphatic heterocycles. The summed E-state index contributed by atoms with van der Waals surface area (Å²) in [6, 6.07) is 10.3. The van der Waals surface area contributed by atoms with E-state index < -0.39 is 17.6 Å². The molecular weight excluding hydrogens is 503 g/mol. The van der Waals surface area contributed by atoms with Gasteiger partial charge in [0, 0.05) is 36.8 Å². The molecule has 1 fully saturated rings. The summed E-state index contributed by atoms with van der Waals surface area (Å²) in [5.41, 5.74) is 0.550. The fraction of sp³-hybridized carbons (Fsp3) is 0.348. The smallest absolute Gasteiger partial charge is 0.411 e. The van der Waals surface area contributed by atoms with E-state index in [1.807, 2.05) is 4.90 Å². The number of nitrogens with zero attached hydrogens (tertiary/aromatic N) is 4. The Labute approximate surface area is 209 Å². The van der Waals surface area contributed by atoms with Gasteiger partial charge in [0.15, 0.2) is 0 Å². The molecule has 2 heterocycles. The van der Waals surface area contributed by atoms with Gasteiger partial charge in [0.1, 0.15) is 0 Å². The molecule has 1 amide bonds. The molecule has 0 unspecified atom stereocenters. The second-order valence-corrected chi connectivity index (χ2v) is 9.23. The molecule has 0 atom stereocenters. The first kappa shape index (κ1) is 25.3. The van der Waals surface area contributed by atoms with Gasteiger partial charge in [-0.05, 0) is 49.0 Å². The quantitative estimate of drug-likeness (QED) is 0.421. The Kier molecular flexibility index (Phi) is 7.88. The molecule has 2 aromatic carbocycles. The zero-order valence-corrected chi connectivity index (χ0v) is 20.4. The maximum Gasteiger partial charge on any atom is 0.416 e. The number of nitrogens with one attached hydrogen (secondary N) is 1. The second kappa shape index (κ2) is 10.9. The van der Waals surface area contributed by atoms with Crippen molar-refractivity contribution in [3.05, 3.63) is 53.1 Å². The van der Waals surface area contributed by atoms with Gasteiger partial charge >= 0.3 is 6.18 Å². The van der Waals surface area contributed by atoms with Gasteiger partial charge in [-0.15, -0.1) is 10.2 Å². The summed E-state index contributed by atoms with van der Waals surface area (Å²) in [6.07, 6.45) is -4.52. The van der Waals surface area contributed by atoms with Crippen LogP contribution in [0, 0.1) is 0 Å². The van der Waals surface area contributed by atoms with Crippen LogP contribution in [-0.4, -0.2) is 59.5 Å². The molecule has 1 aromatic heterocycles. The van der Waals surface area contributed by atoms with E-state index in [1.165, 1.54) is 6.07 Å². The molecule has 1 aliphatic rings. The molecule has 4 rings (SSSR count). The standard InChI is InChI=1S/C23H23ClF3N5O2S/c1-2-31-9-11-32(12-10-31)19-8-5-16(23(25,26)27)13-18(19)28-20(33)14-35-22-30-29-21(34-22)15-3-6-17(24)7-4-15/h3-8,13H,2,9-12,14H2,1H3,(H,28,33). The number of halogens is 4. The summed E-state index contributed by atoms with van der Waals surface area (Å²) in [5, 5.41) is 11.3. The Morgan fingerprint density at radius 1 is 1.11 bits per heavy atom. The number of amides is 1. The van der Waals surface area contributed by atoms with E-state index in [4.69, 9.17) is 16.0 Å². The highest BCUT2D eigenvalue weighted by Gasteiger charge is 2.32. The van der Waals surface area contributed by atoms with Crippen LogP contribution >= 0.6 is 23.4 Å². The van der Waals surface area contributed by atoms with Gasteiger partial charge in [0.25, 0.3) is 5.22 Å². The van der Waals surface area contributed by atoms with E-state index in [0.717, 1.165) is 43.5 Å². The number of piperazine rings is 1. The summed E-state index contributed by atoms with van der Waals surface area (Å²) in [4.78, 5) is 16.9. The van der Waals surface area contributed by atoms with Crippen LogP contribution < -0.4 is 10.2 Å². The topological polar surface area (TPSA) is 74.5 Å². The van der Waals surface area contributed by atoms with Gasteiger partial charge in [-0.2, -0.15) is 13.2 Å². The molecule has 0 saturated carbocycles. The Morgan fingerprint density at radius 2 is 1.83 bits per heavy atom. The highest BCUT2D eigenvalue weighted by Crippen LogP contribution is 2.36. The highest BCUT2D eigenvalue weighted by atomic mass is 35.5. The number of benzene rings is 2. The van der Waals surface area contributed by atoms with Crippen LogP contribution in [0.2, 0.25) is 5.02 Å². The lowest BCUT2D eigenvalue weighted by Gasteiger charge is -2.36. The minimum atomic E-state index is -4.52. The number of hydrogen-bond acceptors (Lipinski definition) is 7. The van der Waals surface area contributed by atoms with E-state index in [0.29, 0.717) is 29.4 Å². The first-order valence-electron chi connectivity index (χ1n) is 10.9. The third-order valence-corrected chi connectivity index (χ3v) is 6.65. The summed E-state index contributed by atoms with van der Waals surface area (Å²) in [5.74, 6) is -0.313. The summed E-state index contributed by atoms with van der Waals surface area (Å²) in [7, 11) is 0. The summed E-state index contributed by atoms with van der Waals surface area (Å²) < 4.78 is 45.6. The Hall–Kier alpha value is -2.76. The van der Waals surface area contributed by atoms with Crippen molar-refractivity contribution >= 4 is 40.6 Å². The number of thioether (sulfide) groups is 1. The first-order chi connectivity index (χ1) is 16.7. The lowest BCUT2D eigenvalue weighted by Crippen LogP contribution is -2.46. The Bertz CT molecular complexity index is 1160. The van der Waals surface area contributed by atoms with Gasteiger partial charge in [-0.25, -0.2) is 0 Å². The van der Waals surface area contributed by atoms with Gasteiger partial charge < -0.3 is 19.5 Å². The fourth-order valence-corrected chi connectivity index (χ4v) is 4.37. The van der Waals surface area contributed by atoms with Crippen molar-refractivity contribution in [3.63, 3.8) is 0 Å². The van der Waals surface area contributed by atoms with Crippen LogP contribution in [0.3, 0.4) is 0 Å². The van der Waals surface area contributed by atoms with E-state index >= 15 is 0 Å². The van der Waals surface area contributed by atoms with Crippen molar-refractivity contribution in [1.29, 1.82) is 0 Å². The molecule has 0 bridgehead atoms. The molecule has 35 heavy (non-hydrogen) atoms. The van der Waals surface area contributed by atoms with Crippen LogP contribution in [0.4, 0.5) is 24.5 Å². The second-order valence-electron chi connectivity index (χ2n) is 7.87. The highest BCUT2D eigenvalue weighted by molar-refractivity contribution is 7.99. The number of alkyl halides is 3. The number of carbonyl (C=O) groups is 1. The lowest BCUT2D eigenvalue weighted by atomic mass is 10.1. The van der Waals surface area contributed by atoms with Crippen molar-refractivity contribution in [2.24, 2.45) is 0 Å². The summed E-state index contributed by atoms with van der Waals surface area (Å²) >= 11 is 6.88. The van der Waals surface area contributed by atoms with Crippen LogP contribution in [0.5, 0.6) is 0 Å². The number of anilines is 2. The molecule has 0 aliphatic carbocycles. The van der Waals surface area contributed by atoms with Crippen LogP contribution in [0.15, 0.2) is 52.1 Å². The zero-order valence-electron chi connectivity index (χ0n) is 18.8.